The Morgan fingerprint density at radius 1 is 1.10 bits per heavy atom. The van der Waals surface area contributed by atoms with Crippen molar-refractivity contribution < 1.29 is 23.1 Å². The monoisotopic (exact) mass is 426 g/mol. The average molecular weight is 427 g/mol. The smallest absolute Gasteiger partial charge is 0.262 e. The number of anilines is 1. The molecule has 152 valence electrons. The van der Waals surface area contributed by atoms with Crippen LogP contribution in [0.25, 0.3) is 22.6 Å². The summed E-state index contributed by atoms with van der Waals surface area (Å²) in [5, 5.41) is 2.95. The van der Waals surface area contributed by atoms with Gasteiger partial charge in [-0.1, -0.05) is 11.6 Å². The van der Waals surface area contributed by atoms with Crippen LogP contribution in [0.1, 0.15) is 0 Å². The van der Waals surface area contributed by atoms with Gasteiger partial charge in [0.1, 0.15) is 22.8 Å². The van der Waals surface area contributed by atoms with Crippen LogP contribution in [0, 0.1) is 5.82 Å². The van der Waals surface area contributed by atoms with Gasteiger partial charge in [0.15, 0.2) is 12.2 Å². The number of methoxy groups -OCH3 is 1. The zero-order valence-electron chi connectivity index (χ0n) is 15.8. The van der Waals surface area contributed by atoms with Crippen molar-refractivity contribution in [3.63, 3.8) is 0 Å². The van der Waals surface area contributed by atoms with E-state index in [0.717, 1.165) is 0 Å². The van der Waals surface area contributed by atoms with Crippen molar-refractivity contribution in [1.82, 2.24) is 4.98 Å². The standard InChI is InChI=1S/C22H16ClFN2O4/c1-28-15-4-6-16(7-5-15)29-12-21(27)25-14-3-9-20-19(11-14)26-22(30-20)17-8-2-13(24)10-18(17)23/h2-11H,12H2,1H3,(H,25,27). The van der Waals surface area contributed by atoms with Gasteiger partial charge >= 0.3 is 0 Å². The van der Waals surface area contributed by atoms with E-state index >= 15 is 0 Å². The van der Waals surface area contributed by atoms with Crippen molar-refractivity contribution >= 4 is 34.3 Å². The van der Waals surface area contributed by atoms with Gasteiger partial charge in [-0.3, -0.25) is 4.79 Å². The van der Waals surface area contributed by atoms with E-state index in [0.29, 0.717) is 33.8 Å². The first-order chi connectivity index (χ1) is 14.5. The van der Waals surface area contributed by atoms with Gasteiger partial charge in [0.05, 0.1) is 17.7 Å². The van der Waals surface area contributed by atoms with E-state index in [4.69, 9.17) is 25.5 Å². The van der Waals surface area contributed by atoms with Crippen LogP contribution in [0.3, 0.4) is 0 Å². The predicted octanol–water partition coefficient (Wildman–Crippen LogP) is 5.31. The SMILES string of the molecule is COc1ccc(OCC(=O)Nc2ccc3oc(-c4ccc(F)cc4Cl)nc3c2)cc1. The Labute approximate surface area is 176 Å². The maximum Gasteiger partial charge on any atom is 0.262 e. The van der Waals surface area contributed by atoms with Crippen molar-refractivity contribution in [2.45, 2.75) is 0 Å². The van der Waals surface area contributed by atoms with Crippen molar-refractivity contribution in [1.29, 1.82) is 0 Å². The minimum atomic E-state index is -0.443. The molecule has 0 bridgehead atoms. The van der Waals surface area contributed by atoms with Gasteiger partial charge in [-0.25, -0.2) is 9.37 Å². The fourth-order valence-electron chi connectivity index (χ4n) is 2.80. The second-order valence-corrected chi connectivity index (χ2v) is 6.75. The number of hydrogen-bond acceptors (Lipinski definition) is 5. The largest absolute Gasteiger partial charge is 0.497 e. The normalized spacial score (nSPS) is 10.8. The maximum absolute atomic E-state index is 13.3. The van der Waals surface area contributed by atoms with Crippen molar-refractivity contribution in [2.75, 3.05) is 19.0 Å². The molecule has 0 atom stereocenters. The molecule has 0 aliphatic heterocycles. The molecule has 1 amide bonds. The van der Waals surface area contributed by atoms with Crippen LogP contribution in [0.4, 0.5) is 10.1 Å². The molecule has 8 heteroatoms. The summed E-state index contributed by atoms with van der Waals surface area (Å²) in [5.41, 5.74) is 2.06. The Kier molecular flexibility index (Phi) is 5.54. The summed E-state index contributed by atoms with van der Waals surface area (Å²) in [7, 11) is 1.58. The van der Waals surface area contributed by atoms with Gasteiger partial charge in [-0.15, -0.1) is 0 Å². The minimum Gasteiger partial charge on any atom is -0.497 e. The van der Waals surface area contributed by atoms with Crippen LogP contribution in [0.15, 0.2) is 65.1 Å². The number of nitrogens with one attached hydrogen (secondary N) is 1. The fraction of sp³-hybridized carbons (Fsp3) is 0.0909. The summed E-state index contributed by atoms with van der Waals surface area (Å²) in [4.78, 5) is 16.6. The summed E-state index contributed by atoms with van der Waals surface area (Å²) >= 11 is 6.08. The summed E-state index contributed by atoms with van der Waals surface area (Å²) in [5.74, 6) is 0.756. The van der Waals surface area contributed by atoms with Crippen LogP contribution in [-0.4, -0.2) is 24.6 Å². The van der Waals surface area contributed by atoms with Gasteiger partial charge in [-0.2, -0.15) is 0 Å². The first kappa shape index (κ1) is 19.7. The number of aromatic nitrogens is 1. The van der Waals surface area contributed by atoms with E-state index in [-0.39, 0.29) is 23.4 Å². The summed E-state index contributed by atoms with van der Waals surface area (Å²) in [6.45, 7) is -0.153. The molecule has 6 nitrogen and oxygen atoms in total. The molecule has 0 unspecified atom stereocenters. The molecule has 0 spiro atoms. The maximum atomic E-state index is 13.3. The Hall–Kier alpha value is -3.58. The number of amides is 1. The number of ether oxygens (including phenoxy) is 2. The van der Waals surface area contributed by atoms with Gasteiger partial charge in [0.25, 0.3) is 5.91 Å². The molecule has 0 saturated heterocycles. The lowest BCUT2D eigenvalue weighted by Gasteiger charge is -2.08. The number of oxazole rings is 1. The van der Waals surface area contributed by atoms with Gasteiger partial charge in [0, 0.05) is 5.69 Å². The lowest BCUT2D eigenvalue weighted by molar-refractivity contribution is -0.118. The highest BCUT2D eigenvalue weighted by molar-refractivity contribution is 6.33. The molecule has 0 fully saturated rings. The van der Waals surface area contributed by atoms with Crippen LogP contribution in [-0.2, 0) is 4.79 Å². The van der Waals surface area contributed by atoms with Crippen LogP contribution in [0.2, 0.25) is 5.02 Å². The number of halogens is 2. The van der Waals surface area contributed by atoms with Crippen molar-refractivity contribution in [3.8, 4) is 23.0 Å². The molecule has 0 aliphatic rings. The third kappa shape index (κ3) is 4.36. The average Bonchev–Trinajstić information content (AvgIpc) is 3.15. The third-order valence-electron chi connectivity index (χ3n) is 4.26. The molecule has 3 aromatic carbocycles. The quantitative estimate of drug-likeness (QED) is 0.452. The number of nitrogens with zero attached hydrogens (tertiary/aromatic N) is 1. The number of hydrogen-bond donors (Lipinski definition) is 1. The number of rotatable bonds is 6. The van der Waals surface area contributed by atoms with Crippen molar-refractivity contribution in [3.05, 3.63) is 71.5 Å². The number of fused-ring (bicyclic) bond motifs is 1. The zero-order valence-corrected chi connectivity index (χ0v) is 16.6. The second-order valence-electron chi connectivity index (χ2n) is 6.34. The molecule has 30 heavy (non-hydrogen) atoms. The Balaban J connectivity index is 1.44. The Morgan fingerprint density at radius 3 is 2.60 bits per heavy atom. The molecule has 0 radical (unpaired) electrons. The van der Waals surface area contributed by atoms with Crippen molar-refractivity contribution in [2.24, 2.45) is 0 Å². The topological polar surface area (TPSA) is 73.6 Å². The van der Waals surface area contributed by atoms with E-state index in [2.05, 4.69) is 10.3 Å². The highest BCUT2D eigenvalue weighted by Gasteiger charge is 2.13. The highest BCUT2D eigenvalue weighted by Crippen LogP contribution is 2.31. The predicted molar refractivity (Wildman–Crippen MR) is 112 cm³/mol. The summed E-state index contributed by atoms with van der Waals surface area (Å²) < 4.78 is 29.5. The third-order valence-corrected chi connectivity index (χ3v) is 4.57. The first-order valence-corrected chi connectivity index (χ1v) is 9.32. The number of carbonyl (C=O) groups excluding carboxylic acids is 1. The molecule has 1 aromatic heterocycles. The fourth-order valence-corrected chi connectivity index (χ4v) is 3.05. The van der Waals surface area contributed by atoms with E-state index in [1.807, 2.05) is 0 Å². The number of carbonyl (C=O) groups is 1. The molecule has 4 rings (SSSR count). The molecule has 0 aliphatic carbocycles. The summed E-state index contributed by atoms with van der Waals surface area (Å²) in [6.07, 6.45) is 0. The van der Waals surface area contributed by atoms with Crippen LogP contribution in [0.5, 0.6) is 11.5 Å². The first-order valence-electron chi connectivity index (χ1n) is 8.94. The number of benzene rings is 3. The minimum absolute atomic E-state index is 0.153. The van der Waals surface area contributed by atoms with Gasteiger partial charge in [0.2, 0.25) is 5.89 Å². The zero-order chi connectivity index (χ0) is 21.1. The van der Waals surface area contributed by atoms with E-state index in [9.17, 15) is 9.18 Å². The van der Waals surface area contributed by atoms with E-state index in [1.165, 1.54) is 18.2 Å². The highest BCUT2D eigenvalue weighted by atomic mass is 35.5. The van der Waals surface area contributed by atoms with Gasteiger partial charge in [-0.05, 0) is 60.7 Å². The second kappa shape index (κ2) is 8.42. The Bertz CT molecular complexity index is 1210. The molecule has 1 heterocycles. The molecule has 4 aromatic rings. The molecular weight excluding hydrogens is 411 g/mol. The van der Waals surface area contributed by atoms with E-state index in [1.54, 1.807) is 49.6 Å². The Morgan fingerprint density at radius 2 is 1.87 bits per heavy atom. The molecule has 1 N–H and O–H groups in total. The lowest BCUT2D eigenvalue weighted by atomic mass is 10.2. The molecular formula is C22H16ClFN2O4. The van der Waals surface area contributed by atoms with Crippen LogP contribution < -0.4 is 14.8 Å². The van der Waals surface area contributed by atoms with Gasteiger partial charge < -0.3 is 19.2 Å². The summed E-state index contributed by atoms with van der Waals surface area (Å²) in [6, 6.07) is 16.0. The van der Waals surface area contributed by atoms with Crippen LogP contribution >= 0.6 is 11.6 Å². The lowest BCUT2D eigenvalue weighted by Crippen LogP contribution is -2.20. The van der Waals surface area contributed by atoms with E-state index < -0.39 is 5.82 Å². The molecule has 0 saturated carbocycles.